The molecule has 0 aliphatic carbocycles. The lowest BCUT2D eigenvalue weighted by molar-refractivity contribution is 0.355. The third kappa shape index (κ3) is 4.15. The summed E-state index contributed by atoms with van der Waals surface area (Å²) in [6, 6.07) is 10.8. The molecule has 2 aromatic carbocycles. The minimum atomic E-state index is 0.578. The van der Waals surface area contributed by atoms with Gasteiger partial charge in [0, 0.05) is 22.1 Å². The Morgan fingerprint density at radius 3 is 2.40 bits per heavy atom. The van der Waals surface area contributed by atoms with Crippen molar-refractivity contribution in [1.82, 2.24) is 10.9 Å². The van der Waals surface area contributed by atoms with Gasteiger partial charge in [-0.25, -0.2) is 4.99 Å². The number of methoxy groups -OCH3 is 2. The van der Waals surface area contributed by atoms with E-state index in [9.17, 15) is 0 Å². The number of thioether (sulfide) groups is 1. The van der Waals surface area contributed by atoms with Crippen molar-refractivity contribution < 1.29 is 9.47 Å². The smallest absolute Gasteiger partial charge is 0.184 e. The lowest BCUT2D eigenvalue weighted by Gasteiger charge is -2.20. The van der Waals surface area contributed by atoms with E-state index in [1.807, 2.05) is 29.7 Å². The molecule has 1 aliphatic rings. The van der Waals surface area contributed by atoms with Gasteiger partial charge in [-0.15, -0.1) is 0 Å². The van der Waals surface area contributed by atoms with Crippen LogP contribution in [0.25, 0.3) is 5.70 Å². The molecule has 0 fully saturated rings. The third-order valence-electron chi connectivity index (χ3n) is 3.41. The molecule has 0 saturated heterocycles. The molecule has 0 bridgehead atoms. The summed E-state index contributed by atoms with van der Waals surface area (Å²) in [5.74, 6) is 1.29. The van der Waals surface area contributed by atoms with Crippen LogP contribution in [0.5, 0.6) is 11.5 Å². The van der Waals surface area contributed by atoms with Gasteiger partial charge in [-0.1, -0.05) is 35.0 Å². The maximum absolute atomic E-state index is 6.23. The van der Waals surface area contributed by atoms with E-state index in [4.69, 9.17) is 32.7 Å². The lowest BCUT2D eigenvalue weighted by Crippen LogP contribution is -2.36. The molecule has 0 amide bonds. The van der Waals surface area contributed by atoms with Crippen LogP contribution in [0.1, 0.15) is 5.56 Å². The molecule has 1 heterocycles. The summed E-state index contributed by atoms with van der Waals surface area (Å²) >= 11 is 13.6. The molecule has 8 heteroatoms. The molecule has 5 nitrogen and oxygen atoms in total. The first-order chi connectivity index (χ1) is 12.1. The summed E-state index contributed by atoms with van der Waals surface area (Å²) in [6.07, 6.45) is 0. The second-order valence-electron chi connectivity index (χ2n) is 4.98. The number of amidine groups is 1. The maximum atomic E-state index is 6.23. The molecule has 2 aromatic rings. The van der Waals surface area contributed by atoms with Gasteiger partial charge in [0.05, 0.1) is 30.6 Å². The van der Waals surface area contributed by atoms with Crippen LogP contribution in [0.3, 0.4) is 0 Å². The number of hydrazine groups is 1. The van der Waals surface area contributed by atoms with Crippen LogP contribution >= 0.6 is 35.0 Å². The molecule has 0 radical (unpaired) electrons. The van der Waals surface area contributed by atoms with Crippen LogP contribution in [0.15, 0.2) is 46.8 Å². The van der Waals surface area contributed by atoms with E-state index in [0.717, 1.165) is 16.9 Å². The van der Waals surface area contributed by atoms with Gasteiger partial charge in [0.15, 0.2) is 16.7 Å². The Balaban J connectivity index is 1.79. The zero-order valence-electron chi connectivity index (χ0n) is 13.5. The normalized spacial score (nSPS) is 15.2. The second-order valence-corrected chi connectivity index (χ2v) is 6.68. The number of nitrogens with one attached hydrogen (secondary N) is 2. The predicted octanol–water partition coefficient (Wildman–Crippen LogP) is 4.84. The molecule has 2 N–H and O–H groups in total. The zero-order chi connectivity index (χ0) is 17.8. The highest BCUT2D eigenvalue weighted by Gasteiger charge is 2.13. The summed E-state index contributed by atoms with van der Waals surface area (Å²) in [5, 5.41) is 3.81. The average Bonchev–Trinajstić information content (AvgIpc) is 2.62. The highest BCUT2D eigenvalue weighted by molar-refractivity contribution is 8.16. The lowest BCUT2D eigenvalue weighted by atomic mass is 10.2. The van der Waals surface area contributed by atoms with Gasteiger partial charge in [-0.3, -0.25) is 10.9 Å². The van der Waals surface area contributed by atoms with Crippen LogP contribution in [0.4, 0.5) is 5.69 Å². The molecule has 130 valence electrons. The van der Waals surface area contributed by atoms with E-state index in [1.165, 1.54) is 11.8 Å². The summed E-state index contributed by atoms with van der Waals surface area (Å²) in [4.78, 5) is 4.54. The summed E-state index contributed by atoms with van der Waals surface area (Å²) < 4.78 is 10.5. The number of aliphatic imine (C=N–C) groups is 1. The van der Waals surface area contributed by atoms with Gasteiger partial charge < -0.3 is 9.47 Å². The summed E-state index contributed by atoms with van der Waals surface area (Å²) in [6.45, 7) is 0. The van der Waals surface area contributed by atoms with Crippen LogP contribution < -0.4 is 20.3 Å². The third-order valence-corrected chi connectivity index (χ3v) is 4.73. The molecule has 0 spiro atoms. The Labute approximate surface area is 160 Å². The molecular weight excluding hydrogens is 381 g/mol. The maximum Gasteiger partial charge on any atom is 0.184 e. The number of ether oxygens (including phenoxy) is 2. The molecule has 0 saturated carbocycles. The summed E-state index contributed by atoms with van der Waals surface area (Å²) in [7, 11) is 3.19. The Kier molecular flexibility index (Phi) is 5.63. The van der Waals surface area contributed by atoms with Crippen molar-refractivity contribution in [3.05, 3.63) is 57.4 Å². The van der Waals surface area contributed by atoms with E-state index in [2.05, 4.69) is 15.8 Å². The van der Waals surface area contributed by atoms with E-state index in [-0.39, 0.29) is 0 Å². The number of hydrogen-bond donors (Lipinski definition) is 2. The highest BCUT2D eigenvalue weighted by Crippen LogP contribution is 2.32. The molecule has 25 heavy (non-hydrogen) atoms. The van der Waals surface area contributed by atoms with Crippen molar-refractivity contribution in [3.8, 4) is 11.5 Å². The van der Waals surface area contributed by atoms with Crippen molar-refractivity contribution >= 4 is 51.5 Å². The first kappa shape index (κ1) is 17.8. The number of hydrogen-bond acceptors (Lipinski definition) is 5. The predicted molar refractivity (Wildman–Crippen MR) is 105 cm³/mol. The van der Waals surface area contributed by atoms with E-state index in [1.54, 1.807) is 26.4 Å². The summed E-state index contributed by atoms with van der Waals surface area (Å²) in [5.41, 5.74) is 8.60. The van der Waals surface area contributed by atoms with Crippen LogP contribution in [-0.2, 0) is 0 Å². The standard InChI is InChI=1S/C17H15Cl2N3O2S/c1-23-15-6-4-11(8-16(15)24-2)20-17-22-21-14(9-25-17)12-5-3-10(18)7-13(12)19/h3-9,21H,1-2H3,(H,20,22). The van der Waals surface area contributed by atoms with Gasteiger partial charge in [-0.05, 0) is 30.3 Å². The largest absolute Gasteiger partial charge is 0.493 e. The fraction of sp³-hybridized carbons (Fsp3) is 0.118. The molecule has 0 atom stereocenters. The monoisotopic (exact) mass is 395 g/mol. The first-order valence-electron chi connectivity index (χ1n) is 7.25. The van der Waals surface area contributed by atoms with Gasteiger partial charge in [0.2, 0.25) is 0 Å². The topological polar surface area (TPSA) is 54.9 Å². The Bertz CT molecular complexity index is 856. The van der Waals surface area contributed by atoms with Crippen molar-refractivity contribution in [2.45, 2.75) is 0 Å². The second kappa shape index (κ2) is 7.91. The fourth-order valence-corrected chi connectivity index (χ4v) is 3.39. The quantitative estimate of drug-likeness (QED) is 0.775. The van der Waals surface area contributed by atoms with Crippen molar-refractivity contribution in [1.29, 1.82) is 0 Å². The molecule has 0 unspecified atom stereocenters. The fourth-order valence-electron chi connectivity index (χ4n) is 2.20. The number of rotatable bonds is 4. The SMILES string of the molecule is COc1ccc(N=C2NNC(c3ccc(Cl)cc3Cl)=CS2)cc1OC. The first-order valence-corrected chi connectivity index (χ1v) is 8.89. The van der Waals surface area contributed by atoms with Crippen molar-refractivity contribution in [3.63, 3.8) is 0 Å². The molecular formula is C17H15Cl2N3O2S. The van der Waals surface area contributed by atoms with Gasteiger partial charge in [0.25, 0.3) is 0 Å². The van der Waals surface area contributed by atoms with Crippen molar-refractivity contribution in [2.24, 2.45) is 4.99 Å². The minimum Gasteiger partial charge on any atom is -0.493 e. The van der Waals surface area contributed by atoms with Gasteiger partial charge in [0.1, 0.15) is 0 Å². The van der Waals surface area contributed by atoms with E-state index >= 15 is 0 Å². The molecule has 3 rings (SSSR count). The Morgan fingerprint density at radius 1 is 0.960 bits per heavy atom. The van der Waals surface area contributed by atoms with Crippen molar-refractivity contribution in [2.75, 3.05) is 14.2 Å². The van der Waals surface area contributed by atoms with Crippen LogP contribution in [-0.4, -0.2) is 19.4 Å². The van der Waals surface area contributed by atoms with Crippen LogP contribution in [0.2, 0.25) is 10.0 Å². The Hall–Kier alpha value is -2.02. The molecule has 1 aliphatic heterocycles. The minimum absolute atomic E-state index is 0.578. The zero-order valence-corrected chi connectivity index (χ0v) is 15.8. The number of halogens is 2. The van der Waals surface area contributed by atoms with Crippen LogP contribution in [0, 0.1) is 0 Å². The highest BCUT2D eigenvalue weighted by atomic mass is 35.5. The Morgan fingerprint density at radius 2 is 1.76 bits per heavy atom. The van der Waals surface area contributed by atoms with Gasteiger partial charge >= 0.3 is 0 Å². The van der Waals surface area contributed by atoms with Gasteiger partial charge in [-0.2, -0.15) is 0 Å². The number of nitrogens with zero attached hydrogens (tertiary/aromatic N) is 1. The average molecular weight is 396 g/mol. The molecule has 0 aromatic heterocycles. The van der Waals surface area contributed by atoms with E-state index in [0.29, 0.717) is 26.7 Å². The van der Waals surface area contributed by atoms with E-state index < -0.39 is 0 Å². The number of benzene rings is 2.